The highest BCUT2D eigenvalue weighted by molar-refractivity contribution is 7.94. The Kier molecular flexibility index (Phi) is 5.95. The SMILES string of the molecule is CCc1cc(S(=O)(=O)c2cccc(C)c2)c(S(C)(=O)=O)cc1C(=O)N=C(N)N. The maximum Gasteiger partial charge on any atom is 0.280 e. The van der Waals surface area contributed by atoms with E-state index in [1.165, 1.54) is 18.2 Å². The average Bonchev–Trinajstić information content (AvgIpc) is 2.59. The molecule has 0 fully saturated rings. The highest BCUT2D eigenvalue weighted by Crippen LogP contribution is 2.31. The van der Waals surface area contributed by atoms with E-state index in [0.717, 1.165) is 12.3 Å². The highest BCUT2D eigenvalue weighted by Gasteiger charge is 2.29. The number of rotatable bonds is 5. The molecule has 0 aliphatic carbocycles. The zero-order valence-electron chi connectivity index (χ0n) is 15.6. The molecule has 0 bridgehead atoms. The first-order valence-electron chi connectivity index (χ1n) is 8.20. The Hall–Kier alpha value is -2.72. The molecule has 2 aromatic rings. The predicted octanol–water partition coefficient (Wildman–Crippen LogP) is 1.21. The fourth-order valence-corrected chi connectivity index (χ4v) is 5.69. The maximum atomic E-state index is 13.2. The number of carbonyl (C=O) groups excluding carboxylic acids is 1. The van der Waals surface area contributed by atoms with E-state index < -0.39 is 41.3 Å². The number of aliphatic imine (C=N–C) groups is 1. The summed E-state index contributed by atoms with van der Waals surface area (Å²) in [5.41, 5.74) is 11.4. The van der Waals surface area contributed by atoms with Crippen LogP contribution in [0.5, 0.6) is 0 Å². The van der Waals surface area contributed by atoms with Gasteiger partial charge in [0.1, 0.15) is 0 Å². The van der Waals surface area contributed by atoms with Crippen molar-refractivity contribution in [3.8, 4) is 0 Å². The molecule has 0 aliphatic heterocycles. The van der Waals surface area contributed by atoms with Gasteiger partial charge in [-0.25, -0.2) is 16.8 Å². The van der Waals surface area contributed by atoms with Crippen LogP contribution in [0.2, 0.25) is 0 Å². The van der Waals surface area contributed by atoms with Gasteiger partial charge in [0.05, 0.1) is 14.7 Å². The van der Waals surface area contributed by atoms with E-state index in [0.29, 0.717) is 11.1 Å². The van der Waals surface area contributed by atoms with Crippen molar-refractivity contribution in [1.82, 2.24) is 0 Å². The topological polar surface area (TPSA) is 150 Å². The minimum absolute atomic E-state index is 0.0391. The van der Waals surface area contributed by atoms with E-state index in [2.05, 4.69) is 4.99 Å². The lowest BCUT2D eigenvalue weighted by Crippen LogP contribution is -2.24. The number of benzene rings is 2. The number of guanidine groups is 1. The molecular formula is C18H21N3O5S2. The Morgan fingerprint density at radius 2 is 1.68 bits per heavy atom. The van der Waals surface area contributed by atoms with Gasteiger partial charge in [0.15, 0.2) is 15.8 Å². The Bertz CT molecular complexity index is 1180. The summed E-state index contributed by atoms with van der Waals surface area (Å²) in [5, 5.41) is 0. The summed E-state index contributed by atoms with van der Waals surface area (Å²) >= 11 is 0. The lowest BCUT2D eigenvalue weighted by atomic mass is 10.0. The summed E-state index contributed by atoms with van der Waals surface area (Å²) in [7, 11) is -8.14. The van der Waals surface area contributed by atoms with E-state index in [-0.39, 0.29) is 16.9 Å². The summed E-state index contributed by atoms with van der Waals surface area (Å²) in [6.45, 7) is 3.43. The van der Waals surface area contributed by atoms with Gasteiger partial charge in [-0.3, -0.25) is 4.79 Å². The van der Waals surface area contributed by atoms with Crippen LogP contribution in [0.25, 0.3) is 0 Å². The minimum Gasteiger partial charge on any atom is -0.370 e. The molecule has 0 heterocycles. The summed E-state index contributed by atoms with van der Waals surface area (Å²) in [6.07, 6.45) is 1.14. The number of sulfone groups is 2. The van der Waals surface area contributed by atoms with Crippen LogP contribution < -0.4 is 11.5 Å². The largest absolute Gasteiger partial charge is 0.370 e. The Morgan fingerprint density at radius 1 is 1.04 bits per heavy atom. The van der Waals surface area contributed by atoms with E-state index in [1.807, 2.05) is 0 Å². The normalized spacial score (nSPS) is 11.8. The van der Waals surface area contributed by atoms with Crippen LogP contribution in [0.1, 0.15) is 28.4 Å². The first-order chi connectivity index (χ1) is 12.9. The first-order valence-corrected chi connectivity index (χ1v) is 11.6. The van der Waals surface area contributed by atoms with Crippen molar-refractivity contribution >= 4 is 31.5 Å². The number of carbonyl (C=O) groups is 1. The van der Waals surface area contributed by atoms with Crippen molar-refractivity contribution in [2.24, 2.45) is 16.5 Å². The minimum atomic E-state index is -4.15. The third-order valence-electron chi connectivity index (χ3n) is 4.00. The van der Waals surface area contributed by atoms with Gasteiger partial charge in [-0.2, -0.15) is 4.99 Å². The van der Waals surface area contributed by atoms with Gasteiger partial charge in [0.2, 0.25) is 9.84 Å². The number of amides is 1. The second-order valence-corrected chi connectivity index (χ2v) is 10.1. The Balaban J connectivity index is 2.88. The van der Waals surface area contributed by atoms with Crippen LogP contribution in [-0.4, -0.2) is 35.0 Å². The molecule has 1 amide bonds. The Labute approximate surface area is 164 Å². The quantitative estimate of drug-likeness (QED) is 0.542. The van der Waals surface area contributed by atoms with Gasteiger partial charge in [-0.1, -0.05) is 19.1 Å². The highest BCUT2D eigenvalue weighted by atomic mass is 32.2. The Morgan fingerprint density at radius 3 is 2.18 bits per heavy atom. The lowest BCUT2D eigenvalue weighted by molar-refractivity contribution is 0.100. The molecule has 0 radical (unpaired) electrons. The third kappa shape index (κ3) is 4.39. The van der Waals surface area contributed by atoms with Gasteiger partial charge >= 0.3 is 0 Å². The van der Waals surface area contributed by atoms with Gasteiger partial charge in [-0.15, -0.1) is 0 Å². The van der Waals surface area contributed by atoms with Crippen molar-refractivity contribution in [2.45, 2.75) is 35.0 Å². The zero-order valence-corrected chi connectivity index (χ0v) is 17.3. The summed E-state index contributed by atoms with van der Waals surface area (Å²) in [4.78, 5) is 14.8. The average molecular weight is 424 g/mol. The van der Waals surface area contributed by atoms with Gasteiger partial charge in [0, 0.05) is 11.8 Å². The zero-order chi connectivity index (χ0) is 21.3. The van der Waals surface area contributed by atoms with E-state index in [9.17, 15) is 21.6 Å². The van der Waals surface area contributed by atoms with Crippen molar-refractivity contribution in [2.75, 3.05) is 6.26 Å². The molecule has 28 heavy (non-hydrogen) atoms. The molecule has 0 saturated carbocycles. The van der Waals surface area contributed by atoms with Gasteiger partial charge in [-0.05, 0) is 48.7 Å². The lowest BCUT2D eigenvalue weighted by Gasteiger charge is -2.14. The van der Waals surface area contributed by atoms with Gasteiger partial charge < -0.3 is 11.5 Å². The van der Waals surface area contributed by atoms with Gasteiger partial charge in [0.25, 0.3) is 5.91 Å². The summed E-state index contributed by atoms with van der Waals surface area (Å²) in [6, 6.07) is 8.35. The van der Waals surface area contributed by atoms with E-state index in [4.69, 9.17) is 11.5 Å². The van der Waals surface area contributed by atoms with E-state index in [1.54, 1.807) is 26.0 Å². The van der Waals surface area contributed by atoms with Crippen molar-refractivity contribution < 1.29 is 21.6 Å². The summed E-state index contributed by atoms with van der Waals surface area (Å²) in [5.74, 6) is -1.33. The first kappa shape index (κ1) is 21.6. The molecule has 0 aromatic heterocycles. The van der Waals surface area contributed by atoms with Crippen molar-refractivity contribution in [1.29, 1.82) is 0 Å². The smallest absolute Gasteiger partial charge is 0.280 e. The fourth-order valence-electron chi connectivity index (χ4n) is 2.68. The van der Waals surface area contributed by atoms with Crippen LogP contribution in [0.3, 0.4) is 0 Å². The van der Waals surface area contributed by atoms with Crippen LogP contribution >= 0.6 is 0 Å². The van der Waals surface area contributed by atoms with Crippen molar-refractivity contribution in [3.05, 3.63) is 53.1 Å². The number of hydrogen-bond donors (Lipinski definition) is 2. The van der Waals surface area contributed by atoms with Crippen LogP contribution in [0.15, 0.2) is 56.1 Å². The van der Waals surface area contributed by atoms with Crippen LogP contribution in [0.4, 0.5) is 0 Å². The molecular weight excluding hydrogens is 402 g/mol. The molecule has 2 rings (SSSR count). The third-order valence-corrected chi connectivity index (χ3v) is 7.06. The molecule has 0 atom stereocenters. The molecule has 8 nitrogen and oxygen atoms in total. The fraction of sp³-hybridized carbons (Fsp3) is 0.222. The van der Waals surface area contributed by atoms with Crippen LogP contribution in [0, 0.1) is 6.92 Å². The number of nitrogens with zero attached hydrogens (tertiary/aromatic N) is 1. The molecule has 0 aliphatic rings. The standard InChI is InChI=1S/C18H21N3O5S2/c1-4-12-9-16(28(25,26)13-7-5-6-11(2)8-13)15(27(3,23)24)10-14(12)17(22)21-18(19)20/h5-10H,4H2,1-3H3,(H4,19,20,21,22). The summed E-state index contributed by atoms with van der Waals surface area (Å²) < 4.78 is 51.0. The molecule has 0 unspecified atom stereocenters. The molecule has 0 spiro atoms. The van der Waals surface area contributed by atoms with Crippen LogP contribution in [-0.2, 0) is 26.1 Å². The number of hydrogen-bond acceptors (Lipinski definition) is 5. The monoisotopic (exact) mass is 423 g/mol. The molecule has 2 aromatic carbocycles. The number of aryl methyl sites for hydroxylation is 2. The molecule has 4 N–H and O–H groups in total. The molecule has 0 saturated heterocycles. The molecule has 150 valence electrons. The number of nitrogens with two attached hydrogens (primary N) is 2. The second-order valence-electron chi connectivity index (χ2n) is 6.24. The van der Waals surface area contributed by atoms with E-state index >= 15 is 0 Å². The maximum absolute atomic E-state index is 13.2. The second kappa shape index (κ2) is 7.72. The molecule has 10 heteroatoms. The predicted molar refractivity (Wildman–Crippen MR) is 106 cm³/mol. The van der Waals surface area contributed by atoms with Crippen molar-refractivity contribution in [3.63, 3.8) is 0 Å².